The Labute approximate surface area is 138 Å². The van der Waals surface area contributed by atoms with E-state index in [9.17, 15) is 0 Å². The Morgan fingerprint density at radius 1 is 0.842 bits per heavy atom. The van der Waals surface area contributed by atoms with Gasteiger partial charge in [0.1, 0.15) is 0 Å². The molecular formula is C11H24BrCl2MoNO3-3. The van der Waals surface area contributed by atoms with Crippen molar-refractivity contribution in [1.82, 2.24) is 4.90 Å². The summed E-state index contributed by atoms with van der Waals surface area (Å²) < 4.78 is 0. The second kappa shape index (κ2) is 62.2. The van der Waals surface area contributed by atoms with Crippen molar-refractivity contribution in [1.29, 1.82) is 0 Å². The minimum absolute atomic E-state index is 1.19. The fourth-order valence-electron chi connectivity index (χ4n) is 0.671. The normalized spacial score (nSPS) is 6.63. The predicted molar refractivity (Wildman–Crippen MR) is 85.7 cm³/mol. The van der Waals surface area contributed by atoms with Gasteiger partial charge in [-0.05, 0) is 19.6 Å². The number of halogens is 3. The third kappa shape index (κ3) is 116. The first-order chi connectivity index (χ1) is 9.08. The van der Waals surface area contributed by atoms with Crippen LogP contribution >= 0.6 is 32.1 Å². The Hall–Kier alpha value is 0.718. The van der Waals surface area contributed by atoms with E-state index in [2.05, 4.69) is 59.3 Å². The predicted octanol–water partition coefficient (Wildman–Crippen LogP) is 3.77. The van der Waals surface area contributed by atoms with Crippen molar-refractivity contribution < 1.29 is 27.6 Å². The molecule has 8 heteroatoms. The molecule has 0 fully saturated rings. The molecule has 0 radical (unpaired) electrons. The summed E-state index contributed by atoms with van der Waals surface area (Å²) in [6, 6.07) is 0. The van der Waals surface area contributed by atoms with Crippen LogP contribution in [0.25, 0.3) is 0 Å². The van der Waals surface area contributed by atoms with Gasteiger partial charge in [0.2, 0.25) is 0 Å². The molecule has 121 valence electrons. The SMILES string of the molecule is CC.CCN(CC)CC.[CH-]=O.[CH-]=O.[CH-]=O.[Cl][Mo]([Cl])[Br]. The van der Waals surface area contributed by atoms with Gasteiger partial charge in [0.25, 0.3) is 0 Å². The summed E-state index contributed by atoms with van der Waals surface area (Å²) in [7, 11) is 10.3. The molecule has 0 atom stereocenters. The number of nitrogens with zero attached hydrogens (tertiary/aromatic N) is 1. The molecule has 0 N–H and O–H groups in total. The van der Waals surface area contributed by atoms with Crippen LogP contribution in [0.3, 0.4) is 0 Å². The third-order valence-corrected chi connectivity index (χ3v) is 1.34. The van der Waals surface area contributed by atoms with Gasteiger partial charge in [-0.2, -0.15) is 0 Å². The van der Waals surface area contributed by atoms with Crippen molar-refractivity contribution in [3.8, 4) is 0 Å². The molecule has 0 unspecified atom stereocenters. The van der Waals surface area contributed by atoms with E-state index in [4.69, 9.17) is 33.2 Å². The zero-order valence-corrected chi connectivity index (χ0v) is 17.2. The third-order valence-electron chi connectivity index (χ3n) is 1.34. The molecular weight excluding hydrogens is 441 g/mol. The van der Waals surface area contributed by atoms with Crippen LogP contribution in [0.2, 0.25) is 0 Å². The summed E-state index contributed by atoms with van der Waals surface area (Å²) in [6.45, 7) is 23.9. The van der Waals surface area contributed by atoms with Crippen molar-refractivity contribution in [3.63, 3.8) is 0 Å². The summed E-state index contributed by atoms with van der Waals surface area (Å²) in [4.78, 5) is 25.6. The first kappa shape index (κ1) is 36.7. The van der Waals surface area contributed by atoms with Gasteiger partial charge in [-0.25, -0.2) is 0 Å². The monoisotopic (exact) mass is 465 g/mol. The fraction of sp³-hybridized carbons (Fsp3) is 0.727. The second-order valence-corrected chi connectivity index (χ2v) is 15.5. The van der Waals surface area contributed by atoms with Crippen molar-refractivity contribution >= 4 is 52.5 Å². The van der Waals surface area contributed by atoms with Gasteiger partial charge < -0.3 is 19.3 Å². The van der Waals surface area contributed by atoms with E-state index in [0.29, 0.717) is 0 Å². The molecule has 19 heavy (non-hydrogen) atoms. The fourth-order valence-corrected chi connectivity index (χ4v) is 0.671. The van der Waals surface area contributed by atoms with Gasteiger partial charge in [0.15, 0.2) is 0 Å². The second-order valence-electron chi connectivity index (χ2n) is 1.79. The molecule has 0 saturated carbocycles. The van der Waals surface area contributed by atoms with Gasteiger partial charge in [0, 0.05) is 0 Å². The number of rotatable bonds is 3. The van der Waals surface area contributed by atoms with E-state index in [1.807, 2.05) is 13.8 Å². The quantitative estimate of drug-likeness (QED) is 0.362. The molecule has 4 nitrogen and oxygen atoms in total. The van der Waals surface area contributed by atoms with Gasteiger partial charge in [0.05, 0.1) is 0 Å². The average Bonchev–Trinajstić information content (AvgIpc) is 2.49. The van der Waals surface area contributed by atoms with E-state index in [1.165, 1.54) is 19.6 Å². The van der Waals surface area contributed by atoms with E-state index in [-0.39, 0.29) is 0 Å². The Balaban J connectivity index is -0.0000000304. The summed E-state index contributed by atoms with van der Waals surface area (Å²) in [5.41, 5.74) is 0. The first-order valence-electron chi connectivity index (χ1n) is 5.24. The van der Waals surface area contributed by atoms with E-state index >= 15 is 0 Å². The maximum atomic E-state index is 7.75. The molecule has 0 aromatic rings. The van der Waals surface area contributed by atoms with E-state index < -0.39 is 13.2 Å². The summed E-state index contributed by atoms with van der Waals surface area (Å²) in [5, 5.41) is 0. The molecule has 0 aromatic carbocycles. The molecule has 0 aliphatic rings. The number of hydrogen-bond acceptors (Lipinski definition) is 4. The van der Waals surface area contributed by atoms with E-state index in [1.54, 1.807) is 0 Å². The Morgan fingerprint density at radius 3 is 0.947 bits per heavy atom. The summed E-state index contributed by atoms with van der Waals surface area (Å²) >= 11 is 1.37. The Bertz CT molecular complexity index is 103. The van der Waals surface area contributed by atoms with Crippen molar-refractivity contribution in [2.24, 2.45) is 0 Å². The Morgan fingerprint density at radius 2 is 0.947 bits per heavy atom. The van der Waals surface area contributed by atoms with Crippen LogP contribution in [0.5, 0.6) is 0 Å². The van der Waals surface area contributed by atoms with Gasteiger partial charge >= 0.3 is 45.3 Å². The minimum atomic E-state index is -1.60. The molecule has 0 amide bonds. The molecule has 0 rings (SSSR count). The average molecular weight is 465 g/mol. The van der Waals surface area contributed by atoms with E-state index in [0.717, 1.165) is 0 Å². The Kier molecular flexibility index (Phi) is 120. The van der Waals surface area contributed by atoms with Gasteiger partial charge in [-0.1, -0.05) is 34.6 Å². The van der Waals surface area contributed by atoms with Crippen LogP contribution in [0, 0.1) is 0 Å². The molecule has 0 heterocycles. The van der Waals surface area contributed by atoms with Crippen molar-refractivity contribution in [2.45, 2.75) is 34.6 Å². The number of carbonyl (C=O) groups excluding carboxylic acids is 3. The van der Waals surface area contributed by atoms with Crippen LogP contribution in [-0.4, -0.2) is 44.9 Å². The molecule has 0 spiro atoms. The zero-order chi connectivity index (χ0) is 17.3. The molecule has 0 aliphatic carbocycles. The van der Waals surface area contributed by atoms with Crippen LogP contribution in [0.1, 0.15) is 34.6 Å². The van der Waals surface area contributed by atoms with Crippen molar-refractivity contribution in [3.05, 3.63) is 0 Å². The van der Waals surface area contributed by atoms with Crippen LogP contribution < -0.4 is 0 Å². The molecule has 0 bridgehead atoms. The first-order valence-corrected chi connectivity index (χ1v) is 15.0. The van der Waals surface area contributed by atoms with Crippen LogP contribution in [0.15, 0.2) is 0 Å². The van der Waals surface area contributed by atoms with Crippen LogP contribution in [-0.2, 0) is 27.6 Å². The summed E-state index contributed by atoms with van der Waals surface area (Å²) in [5.74, 6) is 0. The van der Waals surface area contributed by atoms with Crippen LogP contribution in [0.4, 0.5) is 0 Å². The number of hydrogen-bond donors (Lipinski definition) is 0. The zero-order valence-electron chi connectivity index (χ0n) is 12.1. The standard InChI is InChI=1S/C6H15N.C2H6.3CHO.BrH.2ClH.Mo/c1-4-7(5-2)6-3;4*1-2;;;;/h4-6H2,1-3H3;1-2H3;3*1H;3*1H;/q;;3*-1;;;;+3/p-3. The molecule has 0 saturated heterocycles. The topological polar surface area (TPSA) is 54.5 Å². The molecule has 0 aromatic heterocycles. The van der Waals surface area contributed by atoms with Gasteiger partial charge in [-0.15, -0.1) is 0 Å². The van der Waals surface area contributed by atoms with Gasteiger partial charge in [-0.3, -0.25) is 20.4 Å². The van der Waals surface area contributed by atoms with Crippen molar-refractivity contribution in [2.75, 3.05) is 19.6 Å². The summed E-state index contributed by atoms with van der Waals surface area (Å²) in [6.07, 6.45) is 0. The maximum absolute atomic E-state index is 7.75. The molecule has 0 aliphatic heterocycles.